The Kier molecular flexibility index (Phi) is 10.0. The average Bonchev–Trinajstić information content (AvgIpc) is 2.12. The molecule has 0 spiro atoms. The van der Waals surface area contributed by atoms with Gasteiger partial charge in [0.05, 0.1) is 17.3 Å². The molecule has 0 N–H and O–H groups in total. The SMILES string of the molecule is CC(C)COC(C)(C)C.CCC(C)OC(C)(C)C. The van der Waals surface area contributed by atoms with Gasteiger partial charge in [-0.15, -0.1) is 0 Å². The van der Waals surface area contributed by atoms with Crippen LogP contribution in [0.3, 0.4) is 0 Å². The largest absolute Gasteiger partial charge is 0.376 e. The van der Waals surface area contributed by atoms with Gasteiger partial charge >= 0.3 is 0 Å². The van der Waals surface area contributed by atoms with E-state index in [0.29, 0.717) is 12.0 Å². The van der Waals surface area contributed by atoms with Gasteiger partial charge in [-0.3, -0.25) is 0 Å². The van der Waals surface area contributed by atoms with Crippen LogP contribution in [-0.2, 0) is 9.47 Å². The van der Waals surface area contributed by atoms with E-state index in [1.807, 2.05) is 0 Å². The summed E-state index contributed by atoms with van der Waals surface area (Å²) in [5.74, 6) is 0.643. The van der Waals surface area contributed by atoms with E-state index in [4.69, 9.17) is 9.47 Å². The number of ether oxygens (including phenoxy) is 2. The molecule has 0 amide bonds. The lowest BCUT2D eigenvalue weighted by Gasteiger charge is -2.23. The van der Waals surface area contributed by atoms with E-state index in [1.54, 1.807) is 0 Å². The lowest BCUT2D eigenvalue weighted by Crippen LogP contribution is -2.24. The molecule has 0 bridgehead atoms. The zero-order valence-electron chi connectivity index (χ0n) is 14.4. The molecule has 2 nitrogen and oxygen atoms in total. The Balaban J connectivity index is 0. The maximum atomic E-state index is 5.59. The first-order chi connectivity index (χ1) is 7.87. The van der Waals surface area contributed by atoms with Crippen molar-refractivity contribution in [2.45, 2.75) is 93.0 Å². The molecule has 0 rings (SSSR count). The highest BCUT2D eigenvalue weighted by Gasteiger charge is 2.12. The molecule has 0 aliphatic rings. The molecule has 0 aliphatic carbocycles. The predicted octanol–water partition coefficient (Wildman–Crippen LogP) is 5.06. The molecule has 0 fully saturated rings. The summed E-state index contributed by atoms with van der Waals surface area (Å²) < 4.78 is 11.1. The van der Waals surface area contributed by atoms with Crippen molar-refractivity contribution < 1.29 is 9.47 Å². The lowest BCUT2D eigenvalue weighted by molar-refractivity contribution is -0.0521. The Labute approximate surface area is 115 Å². The second-order valence-corrected chi connectivity index (χ2v) is 7.27. The first-order valence-corrected chi connectivity index (χ1v) is 7.19. The number of rotatable bonds is 4. The van der Waals surface area contributed by atoms with Gasteiger partial charge in [0.1, 0.15) is 0 Å². The van der Waals surface area contributed by atoms with Gasteiger partial charge in [0.2, 0.25) is 0 Å². The predicted molar refractivity (Wildman–Crippen MR) is 81.1 cm³/mol. The first kappa shape index (κ1) is 20.2. The zero-order chi connectivity index (χ0) is 15.0. The Bertz CT molecular complexity index is 184. The molecule has 18 heavy (non-hydrogen) atoms. The van der Waals surface area contributed by atoms with Gasteiger partial charge in [0.15, 0.2) is 0 Å². The number of hydrogen-bond donors (Lipinski definition) is 0. The molecular formula is C16H36O2. The average molecular weight is 260 g/mol. The summed E-state index contributed by atoms with van der Waals surface area (Å²) >= 11 is 0. The minimum atomic E-state index is 0.0232. The summed E-state index contributed by atoms with van der Waals surface area (Å²) in [7, 11) is 0. The summed E-state index contributed by atoms with van der Waals surface area (Å²) in [6.07, 6.45) is 1.49. The van der Waals surface area contributed by atoms with Gasteiger partial charge in [-0.05, 0) is 60.8 Å². The fraction of sp³-hybridized carbons (Fsp3) is 1.00. The van der Waals surface area contributed by atoms with E-state index < -0.39 is 0 Å². The third-order valence-corrected chi connectivity index (χ3v) is 1.98. The highest BCUT2D eigenvalue weighted by molar-refractivity contribution is 4.61. The summed E-state index contributed by atoms with van der Waals surface area (Å²) in [5.41, 5.74) is 0.0553. The van der Waals surface area contributed by atoms with E-state index >= 15 is 0 Å². The molecule has 0 saturated heterocycles. The standard InChI is InChI=1S/2C8H18O/c1-7(2)6-9-8(3,4)5;1-6-7(2)9-8(3,4)5/h2*7H,6H2,1-5H3. The van der Waals surface area contributed by atoms with Crippen LogP contribution in [0.15, 0.2) is 0 Å². The zero-order valence-corrected chi connectivity index (χ0v) is 14.4. The van der Waals surface area contributed by atoms with Crippen molar-refractivity contribution in [1.82, 2.24) is 0 Å². The van der Waals surface area contributed by atoms with Gasteiger partial charge in [-0.25, -0.2) is 0 Å². The second-order valence-electron chi connectivity index (χ2n) is 7.27. The van der Waals surface area contributed by atoms with Crippen molar-refractivity contribution in [3.05, 3.63) is 0 Å². The van der Waals surface area contributed by atoms with Crippen LogP contribution in [0.5, 0.6) is 0 Å². The smallest absolute Gasteiger partial charge is 0.0602 e. The topological polar surface area (TPSA) is 18.5 Å². The molecular weight excluding hydrogens is 224 g/mol. The highest BCUT2D eigenvalue weighted by Crippen LogP contribution is 2.11. The molecule has 0 aromatic carbocycles. The van der Waals surface area contributed by atoms with Gasteiger partial charge in [-0.2, -0.15) is 0 Å². The molecule has 0 aromatic rings. The molecule has 2 heteroatoms. The van der Waals surface area contributed by atoms with E-state index in [1.165, 1.54) is 0 Å². The fourth-order valence-electron chi connectivity index (χ4n) is 1.10. The quantitative estimate of drug-likeness (QED) is 0.703. The van der Waals surface area contributed by atoms with Crippen LogP contribution in [0.25, 0.3) is 0 Å². The van der Waals surface area contributed by atoms with Crippen LogP contribution in [0, 0.1) is 5.92 Å². The number of hydrogen-bond acceptors (Lipinski definition) is 2. The molecule has 1 atom stereocenters. The molecule has 0 heterocycles. The van der Waals surface area contributed by atoms with Crippen molar-refractivity contribution in [3.63, 3.8) is 0 Å². The summed E-state index contributed by atoms with van der Waals surface area (Å²) in [5, 5.41) is 0. The van der Waals surface area contributed by atoms with Crippen molar-refractivity contribution in [2.75, 3.05) is 6.61 Å². The minimum absolute atomic E-state index is 0.0232. The maximum absolute atomic E-state index is 5.59. The third-order valence-electron chi connectivity index (χ3n) is 1.98. The second kappa shape index (κ2) is 8.92. The maximum Gasteiger partial charge on any atom is 0.0602 e. The van der Waals surface area contributed by atoms with Crippen LogP contribution in [0.1, 0.15) is 75.7 Å². The first-order valence-electron chi connectivity index (χ1n) is 7.19. The lowest BCUT2D eigenvalue weighted by atomic mass is 10.2. The molecule has 0 saturated carbocycles. The molecule has 0 aliphatic heterocycles. The molecule has 112 valence electrons. The monoisotopic (exact) mass is 260 g/mol. The Morgan fingerprint density at radius 1 is 0.833 bits per heavy atom. The van der Waals surface area contributed by atoms with E-state index in [-0.39, 0.29) is 11.2 Å². The summed E-state index contributed by atoms with van der Waals surface area (Å²) in [6, 6.07) is 0. The van der Waals surface area contributed by atoms with Crippen molar-refractivity contribution in [2.24, 2.45) is 5.92 Å². The molecule has 0 aromatic heterocycles. The van der Waals surface area contributed by atoms with E-state index in [9.17, 15) is 0 Å². The van der Waals surface area contributed by atoms with Gasteiger partial charge in [0, 0.05) is 6.61 Å². The van der Waals surface area contributed by atoms with E-state index in [2.05, 4.69) is 69.2 Å². The fourth-order valence-corrected chi connectivity index (χ4v) is 1.10. The molecule has 1 unspecified atom stereocenters. The van der Waals surface area contributed by atoms with Gasteiger partial charge in [0.25, 0.3) is 0 Å². The summed E-state index contributed by atoms with van der Waals surface area (Å²) in [6.45, 7) is 21.9. The van der Waals surface area contributed by atoms with Gasteiger partial charge < -0.3 is 9.47 Å². The minimum Gasteiger partial charge on any atom is -0.376 e. The Morgan fingerprint density at radius 2 is 1.28 bits per heavy atom. The highest BCUT2D eigenvalue weighted by atomic mass is 16.5. The van der Waals surface area contributed by atoms with Crippen LogP contribution < -0.4 is 0 Å². The van der Waals surface area contributed by atoms with Crippen molar-refractivity contribution in [1.29, 1.82) is 0 Å². The normalized spacial score (nSPS) is 14.2. The third kappa shape index (κ3) is 21.2. The van der Waals surface area contributed by atoms with Gasteiger partial charge in [-0.1, -0.05) is 20.8 Å². The van der Waals surface area contributed by atoms with E-state index in [0.717, 1.165) is 13.0 Å². The Morgan fingerprint density at radius 3 is 1.39 bits per heavy atom. The van der Waals surface area contributed by atoms with Crippen LogP contribution in [0.2, 0.25) is 0 Å². The van der Waals surface area contributed by atoms with Crippen LogP contribution >= 0.6 is 0 Å². The summed E-state index contributed by atoms with van der Waals surface area (Å²) in [4.78, 5) is 0. The van der Waals surface area contributed by atoms with Crippen molar-refractivity contribution >= 4 is 0 Å². The van der Waals surface area contributed by atoms with Crippen molar-refractivity contribution in [3.8, 4) is 0 Å². The van der Waals surface area contributed by atoms with Crippen LogP contribution in [-0.4, -0.2) is 23.9 Å². The van der Waals surface area contributed by atoms with Crippen LogP contribution in [0.4, 0.5) is 0 Å². The Hall–Kier alpha value is -0.0800. The molecule has 0 radical (unpaired) electrons.